The Morgan fingerprint density at radius 2 is 1.76 bits per heavy atom. The summed E-state index contributed by atoms with van der Waals surface area (Å²) in [6, 6.07) is 14.5. The molecule has 9 nitrogen and oxygen atoms in total. The number of rotatable bonds is 6. The molecule has 2 aromatic rings. The second-order valence-corrected chi connectivity index (χ2v) is 8.03. The summed E-state index contributed by atoms with van der Waals surface area (Å²) in [5, 5.41) is 2.84. The number of nitrogens with zero attached hydrogens (tertiary/aromatic N) is 3. The number of hydrogen-bond acceptors (Lipinski definition) is 8. The molecule has 1 amide bonds. The van der Waals surface area contributed by atoms with Crippen LogP contribution in [0.25, 0.3) is 0 Å². The molecule has 0 bridgehead atoms. The third-order valence-corrected chi connectivity index (χ3v) is 6.09. The minimum absolute atomic E-state index is 0.185. The van der Waals surface area contributed by atoms with Crippen LogP contribution >= 0.6 is 0 Å². The molecule has 0 unspecified atom stereocenters. The van der Waals surface area contributed by atoms with Crippen LogP contribution in [0.3, 0.4) is 0 Å². The molecule has 1 saturated heterocycles. The number of ether oxygens (including phenoxy) is 3. The summed E-state index contributed by atoms with van der Waals surface area (Å²) in [7, 11) is 3.21. The van der Waals surface area contributed by atoms with Crippen LogP contribution in [0.2, 0.25) is 0 Å². The van der Waals surface area contributed by atoms with Crippen LogP contribution in [0.1, 0.15) is 18.5 Å². The Bertz CT molecular complexity index is 1060. The summed E-state index contributed by atoms with van der Waals surface area (Å²) in [6.07, 6.45) is 0. The van der Waals surface area contributed by atoms with Gasteiger partial charge in [-0.15, -0.1) is 0 Å². The SMILES string of the molecule is CCOC(=O)[C@H]1C(=O)NC(N2CCN(c3cccc(OC)c3)CC2)=N[C@@H]1c1ccccc1OC. The van der Waals surface area contributed by atoms with E-state index in [0.717, 1.165) is 24.5 Å². The van der Waals surface area contributed by atoms with Crippen LogP contribution in [-0.2, 0) is 14.3 Å². The van der Waals surface area contributed by atoms with E-state index < -0.39 is 23.8 Å². The highest BCUT2D eigenvalue weighted by molar-refractivity contribution is 6.08. The third-order valence-electron chi connectivity index (χ3n) is 6.09. The number of nitrogens with one attached hydrogen (secondary N) is 1. The molecule has 2 aliphatic heterocycles. The number of benzene rings is 2. The molecule has 1 N–H and O–H groups in total. The number of para-hydroxylation sites is 1. The fourth-order valence-corrected chi connectivity index (χ4v) is 4.34. The smallest absolute Gasteiger partial charge is 0.321 e. The third kappa shape index (κ3) is 4.78. The van der Waals surface area contributed by atoms with Crippen molar-refractivity contribution < 1.29 is 23.8 Å². The first-order chi connectivity index (χ1) is 16.5. The van der Waals surface area contributed by atoms with Crippen molar-refractivity contribution in [2.75, 3.05) is 51.9 Å². The minimum atomic E-state index is -1.09. The fourth-order valence-electron chi connectivity index (χ4n) is 4.34. The van der Waals surface area contributed by atoms with Gasteiger partial charge in [-0.25, -0.2) is 4.99 Å². The molecule has 0 aromatic heterocycles. The Morgan fingerprint density at radius 1 is 1.03 bits per heavy atom. The maximum Gasteiger partial charge on any atom is 0.321 e. The first kappa shape index (κ1) is 23.4. The van der Waals surface area contributed by atoms with E-state index in [4.69, 9.17) is 19.2 Å². The molecule has 2 heterocycles. The van der Waals surface area contributed by atoms with E-state index in [2.05, 4.69) is 16.3 Å². The number of carbonyl (C=O) groups excluding carboxylic acids is 2. The molecular formula is C25H30N4O5. The molecule has 0 radical (unpaired) electrons. The predicted octanol–water partition coefficient (Wildman–Crippen LogP) is 2.23. The lowest BCUT2D eigenvalue weighted by atomic mass is 9.90. The summed E-state index contributed by atoms with van der Waals surface area (Å²) in [6.45, 7) is 4.74. The van der Waals surface area contributed by atoms with Crippen molar-refractivity contribution in [3.8, 4) is 11.5 Å². The summed E-state index contributed by atoms with van der Waals surface area (Å²) in [5.41, 5.74) is 1.76. The largest absolute Gasteiger partial charge is 0.497 e. The van der Waals surface area contributed by atoms with Crippen molar-refractivity contribution in [2.24, 2.45) is 10.9 Å². The van der Waals surface area contributed by atoms with Gasteiger partial charge in [0, 0.05) is 43.5 Å². The van der Waals surface area contributed by atoms with Crippen molar-refractivity contribution in [3.63, 3.8) is 0 Å². The summed E-state index contributed by atoms with van der Waals surface area (Å²) < 4.78 is 16.0. The van der Waals surface area contributed by atoms with Crippen LogP contribution in [0, 0.1) is 5.92 Å². The van der Waals surface area contributed by atoms with E-state index in [9.17, 15) is 9.59 Å². The fraction of sp³-hybridized carbons (Fsp3) is 0.400. The number of esters is 1. The lowest BCUT2D eigenvalue weighted by Crippen LogP contribution is -2.57. The normalized spacial score (nSPS) is 20.3. The molecule has 34 heavy (non-hydrogen) atoms. The van der Waals surface area contributed by atoms with Gasteiger partial charge in [-0.1, -0.05) is 24.3 Å². The van der Waals surface area contributed by atoms with E-state index in [1.807, 2.05) is 41.3 Å². The maximum absolute atomic E-state index is 13.1. The number of carbonyl (C=O) groups is 2. The van der Waals surface area contributed by atoms with Crippen LogP contribution < -0.4 is 19.7 Å². The Balaban J connectivity index is 1.58. The van der Waals surface area contributed by atoms with Crippen LogP contribution in [0.5, 0.6) is 11.5 Å². The van der Waals surface area contributed by atoms with Gasteiger partial charge in [-0.2, -0.15) is 0 Å². The van der Waals surface area contributed by atoms with Gasteiger partial charge in [0.05, 0.1) is 20.8 Å². The monoisotopic (exact) mass is 466 g/mol. The highest BCUT2D eigenvalue weighted by Gasteiger charge is 2.43. The van der Waals surface area contributed by atoms with E-state index in [1.54, 1.807) is 27.2 Å². The summed E-state index contributed by atoms with van der Waals surface area (Å²) in [5.74, 6) is -0.253. The molecule has 180 valence electrons. The predicted molar refractivity (Wildman–Crippen MR) is 128 cm³/mol. The van der Waals surface area contributed by atoms with E-state index >= 15 is 0 Å². The maximum atomic E-state index is 13.1. The van der Waals surface area contributed by atoms with Gasteiger partial charge in [-0.05, 0) is 25.1 Å². The number of hydrogen-bond donors (Lipinski definition) is 1. The Labute approximate surface area is 199 Å². The zero-order valence-electron chi connectivity index (χ0n) is 19.7. The van der Waals surface area contributed by atoms with Crippen LogP contribution in [0.4, 0.5) is 5.69 Å². The molecule has 0 saturated carbocycles. The van der Waals surface area contributed by atoms with Gasteiger partial charge in [0.15, 0.2) is 5.92 Å². The Kier molecular flexibility index (Phi) is 7.20. The average Bonchev–Trinajstić information content (AvgIpc) is 2.88. The topological polar surface area (TPSA) is 92.7 Å². The quantitative estimate of drug-likeness (QED) is 0.516. The number of methoxy groups -OCH3 is 2. The molecule has 2 atom stereocenters. The lowest BCUT2D eigenvalue weighted by Gasteiger charge is -2.39. The standard InChI is InChI=1S/C25H30N4O5/c1-4-34-24(31)21-22(19-10-5-6-11-20(19)33-3)26-25(27-23(21)30)29-14-12-28(13-15-29)17-8-7-9-18(16-17)32-2/h5-11,16,21-22H,4,12-15H2,1-3H3,(H,26,27,30)/t21-,22-/m1/s1. The highest BCUT2D eigenvalue weighted by atomic mass is 16.5. The average molecular weight is 467 g/mol. The number of aliphatic imine (C=N–C) groups is 1. The Hall–Kier alpha value is -3.75. The molecule has 9 heteroatoms. The summed E-state index contributed by atoms with van der Waals surface area (Å²) >= 11 is 0. The minimum Gasteiger partial charge on any atom is -0.497 e. The molecule has 0 aliphatic carbocycles. The zero-order valence-corrected chi connectivity index (χ0v) is 19.7. The van der Waals surface area contributed by atoms with Crippen molar-refractivity contribution in [1.82, 2.24) is 10.2 Å². The van der Waals surface area contributed by atoms with Crippen molar-refractivity contribution >= 4 is 23.5 Å². The van der Waals surface area contributed by atoms with Gasteiger partial charge in [0.1, 0.15) is 17.5 Å². The van der Waals surface area contributed by atoms with Gasteiger partial charge in [0.2, 0.25) is 11.9 Å². The van der Waals surface area contributed by atoms with Crippen molar-refractivity contribution in [1.29, 1.82) is 0 Å². The van der Waals surface area contributed by atoms with Crippen LogP contribution in [-0.4, -0.2) is 69.7 Å². The van der Waals surface area contributed by atoms with Gasteiger partial charge in [-0.3, -0.25) is 14.9 Å². The lowest BCUT2D eigenvalue weighted by molar-refractivity contribution is -0.153. The highest BCUT2D eigenvalue weighted by Crippen LogP contribution is 2.36. The van der Waals surface area contributed by atoms with Crippen LogP contribution in [0.15, 0.2) is 53.5 Å². The first-order valence-electron chi connectivity index (χ1n) is 11.4. The first-order valence-corrected chi connectivity index (χ1v) is 11.4. The zero-order chi connectivity index (χ0) is 24.1. The molecule has 1 fully saturated rings. The molecule has 4 rings (SSSR count). The van der Waals surface area contributed by atoms with Crippen molar-refractivity contribution in [3.05, 3.63) is 54.1 Å². The van der Waals surface area contributed by atoms with E-state index in [-0.39, 0.29) is 6.61 Å². The second kappa shape index (κ2) is 10.5. The number of amides is 1. The van der Waals surface area contributed by atoms with E-state index in [0.29, 0.717) is 30.4 Å². The number of piperazine rings is 1. The molecule has 0 spiro atoms. The van der Waals surface area contributed by atoms with E-state index in [1.165, 1.54) is 0 Å². The number of anilines is 1. The summed E-state index contributed by atoms with van der Waals surface area (Å²) in [4.78, 5) is 35.0. The molecule has 2 aromatic carbocycles. The Morgan fingerprint density at radius 3 is 2.47 bits per heavy atom. The van der Waals surface area contributed by atoms with Gasteiger partial charge >= 0.3 is 5.97 Å². The number of guanidine groups is 1. The molecule has 2 aliphatic rings. The van der Waals surface area contributed by atoms with Gasteiger partial charge in [0.25, 0.3) is 0 Å². The van der Waals surface area contributed by atoms with Gasteiger partial charge < -0.3 is 24.0 Å². The molecular weight excluding hydrogens is 436 g/mol. The second-order valence-electron chi connectivity index (χ2n) is 8.03. The van der Waals surface area contributed by atoms with Crippen molar-refractivity contribution in [2.45, 2.75) is 13.0 Å².